The van der Waals surface area contributed by atoms with E-state index in [-0.39, 0.29) is 11.7 Å². The molecule has 0 N–H and O–H groups in total. The first-order valence-electron chi connectivity index (χ1n) is 13.5. The van der Waals surface area contributed by atoms with Crippen LogP contribution in [-0.2, 0) is 11.3 Å². The number of aryl methyl sites for hydroxylation is 1. The number of benzene rings is 3. The van der Waals surface area contributed by atoms with Gasteiger partial charge in [-0.25, -0.2) is 9.07 Å². The number of fused-ring (bicyclic) bond motifs is 1. The summed E-state index contributed by atoms with van der Waals surface area (Å²) in [6.45, 7) is 6.97. The van der Waals surface area contributed by atoms with E-state index < -0.39 is 0 Å². The van der Waals surface area contributed by atoms with Crippen LogP contribution in [0.4, 0.5) is 10.2 Å². The molecule has 8 heteroatoms. The van der Waals surface area contributed by atoms with Gasteiger partial charge in [-0.05, 0) is 61.5 Å². The Balaban J connectivity index is 1.54. The third-order valence-electron chi connectivity index (χ3n) is 7.42. The lowest BCUT2D eigenvalue weighted by atomic mass is 10.1. The van der Waals surface area contributed by atoms with Crippen molar-refractivity contribution in [2.45, 2.75) is 19.9 Å². The van der Waals surface area contributed by atoms with Gasteiger partial charge in [-0.3, -0.25) is 4.79 Å². The van der Waals surface area contributed by atoms with Crippen LogP contribution in [0.15, 0.2) is 66.7 Å². The van der Waals surface area contributed by atoms with Crippen molar-refractivity contribution >= 4 is 22.5 Å². The van der Waals surface area contributed by atoms with Crippen LogP contribution in [0.1, 0.15) is 28.0 Å². The molecular formula is C31H36FN5O2. The number of nitrogens with zero attached hydrogens (tertiary/aromatic N) is 5. The summed E-state index contributed by atoms with van der Waals surface area (Å²) in [5.41, 5.74) is 3.14. The average molecular weight is 530 g/mol. The van der Waals surface area contributed by atoms with E-state index in [1.165, 1.54) is 12.1 Å². The second-order valence-corrected chi connectivity index (χ2v) is 10.2. The molecular weight excluding hydrogens is 493 g/mol. The van der Waals surface area contributed by atoms with Crippen LogP contribution in [-0.4, -0.2) is 79.0 Å². The molecule has 0 unspecified atom stereocenters. The zero-order valence-corrected chi connectivity index (χ0v) is 22.9. The summed E-state index contributed by atoms with van der Waals surface area (Å²) < 4.78 is 21.4. The molecule has 1 saturated heterocycles. The van der Waals surface area contributed by atoms with Crippen LogP contribution in [0.2, 0.25) is 0 Å². The molecule has 0 saturated carbocycles. The molecule has 1 aliphatic rings. The molecule has 2 heterocycles. The van der Waals surface area contributed by atoms with Gasteiger partial charge < -0.3 is 19.4 Å². The predicted molar refractivity (Wildman–Crippen MR) is 153 cm³/mol. The Morgan fingerprint density at radius 3 is 2.51 bits per heavy atom. The van der Waals surface area contributed by atoms with Crippen molar-refractivity contribution < 1.29 is 13.9 Å². The van der Waals surface area contributed by atoms with E-state index >= 15 is 0 Å². The van der Waals surface area contributed by atoms with Gasteiger partial charge in [-0.2, -0.15) is 5.10 Å². The molecule has 39 heavy (non-hydrogen) atoms. The highest BCUT2D eigenvalue weighted by Crippen LogP contribution is 2.30. The van der Waals surface area contributed by atoms with Crippen molar-refractivity contribution in [2.75, 3.05) is 58.4 Å². The lowest BCUT2D eigenvalue weighted by Crippen LogP contribution is -2.45. The van der Waals surface area contributed by atoms with E-state index in [9.17, 15) is 9.18 Å². The zero-order valence-electron chi connectivity index (χ0n) is 22.9. The Hall–Kier alpha value is -3.75. The number of piperazine rings is 1. The van der Waals surface area contributed by atoms with Crippen LogP contribution in [0.5, 0.6) is 0 Å². The van der Waals surface area contributed by atoms with Crippen molar-refractivity contribution in [2.24, 2.45) is 0 Å². The fourth-order valence-electron chi connectivity index (χ4n) is 5.21. The molecule has 1 amide bonds. The zero-order chi connectivity index (χ0) is 27.4. The van der Waals surface area contributed by atoms with Crippen LogP contribution in [0.3, 0.4) is 0 Å². The third kappa shape index (κ3) is 5.97. The van der Waals surface area contributed by atoms with Gasteiger partial charge in [-0.1, -0.05) is 36.4 Å². The average Bonchev–Trinajstić information content (AvgIpc) is 3.28. The van der Waals surface area contributed by atoms with E-state index in [4.69, 9.17) is 9.84 Å². The van der Waals surface area contributed by atoms with Gasteiger partial charge in [0.15, 0.2) is 0 Å². The second-order valence-electron chi connectivity index (χ2n) is 10.2. The van der Waals surface area contributed by atoms with Gasteiger partial charge in [0.05, 0.1) is 17.9 Å². The van der Waals surface area contributed by atoms with Crippen molar-refractivity contribution in [3.63, 3.8) is 0 Å². The van der Waals surface area contributed by atoms with E-state index in [1.54, 1.807) is 13.2 Å². The maximum absolute atomic E-state index is 14.2. The van der Waals surface area contributed by atoms with Gasteiger partial charge >= 0.3 is 0 Å². The smallest absolute Gasteiger partial charge is 0.254 e. The molecule has 5 rings (SSSR count). The number of anilines is 1. The summed E-state index contributed by atoms with van der Waals surface area (Å²) in [5, 5.41) is 7.01. The highest BCUT2D eigenvalue weighted by atomic mass is 19.1. The standard InChI is InChI=1S/C31H36FN5O2/c1-23-29(30(35-17-15-34(2)16-18-35)37(33-23)28-11-6-10-27(32)21-28)22-36(14-7-19-39-3)31(38)26-13-12-24-8-4-5-9-25(24)20-26/h4-6,8-13,20-21H,7,14-19,22H2,1-3H3. The van der Waals surface area contributed by atoms with Gasteiger partial charge in [0.25, 0.3) is 5.91 Å². The Morgan fingerprint density at radius 2 is 1.77 bits per heavy atom. The number of amides is 1. The Labute approximate surface area is 229 Å². The first-order valence-corrected chi connectivity index (χ1v) is 13.5. The van der Waals surface area contributed by atoms with E-state index in [2.05, 4.69) is 16.8 Å². The van der Waals surface area contributed by atoms with Gasteiger partial charge in [0.1, 0.15) is 11.6 Å². The van der Waals surface area contributed by atoms with Crippen molar-refractivity contribution in [3.05, 3.63) is 89.4 Å². The molecule has 0 spiro atoms. The van der Waals surface area contributed by atoms with Crippen molar-refractivity contribution in [3.8, 4) is 5.69 Å². The molecule has 7 nitrogen and oxygen atoms in total. The SMILES string of the molecule is COCCCN(Cc1c(C)nn(-c2cccc(F)c2)c1N1CCN(C)CC1)C(=O)c1ccc2ccccc2c1. The van der Waals surface area contributed by atoms with Crippen LogP contribution < -0.4 is 4.90 Å². The molecule has 0 atom stereocenters. The summed E-state index contributed by atoms with van der Waals surface area (Å²) in [6.07, 6.45) is 0.719. The number of halogens is 1. The number of hydrogen-bond acceptors (Lipinski definition) is 5. The van der Waals surface area contributed by atoms with Crippen LogP contribution in [0.25, 0.3) is 16.5 Å². The maximum atomic E-state index is 14.2. The Kier molecular flexibility index (Phi) is 8.24. The predicted octanol–water partition coefficient (Wildman–Crippen LogP) is 4.90. The molecule has 1 fully saturated rings. The minimum atomic E-state index is -0.306. The fraction of sp³-hybridized carbons (Fsp3) is 0.355. The van der Waals surface area contributed by atoms with Gasteiger partial charge in [0, 0.05) is 57.6 Å². The number of carbonyl (C=O) groups excluding carboxylic acids is 1. The summed E-state index contributed by atoms with van der Waals surface area (Å²) in [7, 11) is 3.79. The third-order valence-corrected chi connectivity index (χ3v) is 7.42. The number of ether oxygens (including phenoxy) is 1. The summed E-state index contributed by atoms with van der Waals surface area (Å²) in [5.74, 6) is 0.590. The Bertz CT molecular complexity index is 1440. The molecule has 0 bridgehead atoms. The molecule has 0 radical (unpaired) electrons. The van der Waals surface area contributed by atoms with Crippen molar-refractivity contribution in [1.82, 2.24) is 19.6 Å². The second kappa shape index (κ2) is 12.0. The Morgan fingerprint density at radius 1 is 1.00 bits per heavy atom. The highest BCUT2D eigenvalue weighted by Gasteiger charge is 2.27. The lowest BCUT2D eigenvalue weighted by Gasteiger charge is -2.35. The molecule has 4 aromatic rings. The maximum Gasteiger partial charge on any atom is 0.254 e. The first-order chi connectivity index (χ1) is 18.9. The van der Waals surface area contributed by atoms with Crippen LogP contribution in [0, 0.1) is 12.7 Å². The number of carbonyl (C=O) groups is 1. The first kappa shape index (κ1) is 26.8. The molecule has 1 aromatic heterocycles. The highest BCUT2D eigenvalue weighted by molar-refractivity contribution is 5.98. The summed E-state index contributed by atoms with van der Waals surface area (Å²) >= 11 is 0. The number of likely N-dealkylation sites (N-methyl/N-ethyl adjacent to an activating group) is 1. The van der Waals surface area contributed by atoms with Gasteiger partial charge in [-0.15, -0.1) is 0 Å². The normalized spacial score (nSPS) is 14.2. The topological polar surface area (TPSA) is 53.8 Å². The summed E-state index contributed by atoms with van der Waals surface area (Å²) in [4.78, 5) is 20.4. The molecule has 3 aromatic carbocycles. The fourth-order valence-corrected chi connectivity index (χ4v) is 5.21. The lowest BCUT2D eigenvalue weighted by molar-refractivity contribution is 0.0723. The largest absolute Gasteiger partial charge is 0.385 e. The van der Waals surface area contributed by atoms with E-state index in [0.29, 0.717) is 30.9 Å². The molecule has 204 valence electrons. The number of aromatic nitrogens is 2. The number of methoxy groups -OCH3 is 1. The minimum Gasteiger partial charge on any atom is -0.385 e. The molecule has 0 aliphatic carbocycles. The quantitative estimate of drug-likeness (QED) is 0.289. The van der Waals surface area contributed by atoms with Gasteiger partial charge in [0.2, 0.25) is 0 Å². The van der Waals surface area contributed by atoms with E-state index in [0.717, 1.165) is 60.4 Å². The number of rotatable bonds is 9. The van der Waals surface area contributed by atoms with Crippen LogP contribution >= 0.6 is 0 Å². The van der Waals surface area contributed by atoms with Crippen molar-refractivity contribution in [1.29, 1.82) is 0 Å². The minimum absolute atomic E-state index is 0.0286. The van der Waals surface area contributed by atoms with E-state index in [1.807, 2.05) is 65.0 Å². The monoisotopic (exact) mass is 529 g/mol. The summed E-state index contributed by atoms with van der Waals surface area (Å²) in [6, 6.07) is 20.4. The number of hydrogen-bond donors (Lipinski definition) is 0. The molecule has 1 aliphatic heterocycles.